The number of carbonyl (C=O) groups excluding carboxylic acids is 2. The van der Waals surface area contributed by atoms with E-state index in [2.05, 4.69) is 20.4 Å². The van der Waals surface area contributed by atoms with Gasteiger partial charge in [-0.05, 0) is 37.0 Å². The third-order valence-electron chi connectivity index (χ3n) is 4.33. The SMILES string of the molecule is CN=C(NCCCCC(=O)OC)NCc1ccc(N2CCCC2=O)cc1.I. The minimum Gasteiger partial charge on any atom is -0.469 e. The molecule has 1 saturated heterocycles. The van der Waals surface area contributed by atoms with Gasteiger partial charge in [0, 0.05) is 45.2 Å². The molecule has 0 atom stereocenters. The number of nitrogens with one attached hydrogen (secondary N) is 2. The van der Waals surface area contributed by atoms with Gasteiger partial charge in [-0.2, -0.15) is 0 Å². The Balaban J connectivity index is 0.00000364. The smallest absolute Gasteiger partial charge is 0.305 e. The molecule has 150 valence electrons. The largest absolute Gasteiger partial charge is 0.469 e. The van der Waals surface area contributed by atoms with Crippen molar-refractivity contribution in [1.82, 2.24) is 10.6 Å². The Bertz CT molecular complexity index is 634. The van der Waals surface area contributed by atoms with Gasteiger partial charge in [0.1, 0.15) is 0 Å². The highest BCUT2D eigenvalue weighted by Crippen LogP contribution is 2.21. The molecule has 0 bridgehead atoms. The highest BCUT2D eigenvalue weighted by molar-refractivity contribution is 14.0. The molecule has 1 heterocycles. The number of halogens is 1. The monoisotopic (exact) mass is 488 g/mol. The first-order valence-electron chi connectivity index (χ1n) is 9.04. The Morgan fingerprint density at radius 1 is 1.22 bits per heavy atom. The predicted octanol–water partition coefficient (Wildman–Crippen LogP) is 2.44. The van der Waals surface area contributed by atoms with Crippen molar-refractivity contribution in [3.05, 3.63) is 29.8 Å². The first-order valence-corrected chi connectivity index (χ1v) is 9.04. The Morgan fingerprint density at radius 2 is 1.96 bits per heavy atom. The van der Waals surface area contributed by atoms with Crippen molar-refractivity contribution in [2.75, 3.05) is 32.1 Å². The molecule has 0 saturated carbocycles. The topological polar surface area (TPSA) is 83.0 Å². The van der Waals surface area contributed by atoms with Crippen molar-refractivity contribution < 1.29 is 14.3 Å². The zero-order chi connectivity index (χ0) is 18.8. The van der Waals surface area contributed by atoms with Gasteiger partial charge < -0.3 is 20.3 Å². The molecule has 1 aromatic carbocycles. The summed E-state index contributed by atoms with van der Waals surface area (Å²) in [7, 11) is 3.13. The van der Waals surface area contributed by atoms with Gasteiger partial charge >= 0.3 is 5.97 Å². The molecule has 2 N–H and O–H groups in total. The van der Waals surface area contributed by atoms with Crippen LogP contribution in [0.15, 0.2) is 29.3 Å². The Kier molecular flexibility index (Phi) is 10.8. The number of methoxy groups -OCH3 is 1. The van der Waals surface area contributed by atoms with Gasteiger partial charge in [-0.15, -0.1) is 24.0 Å². The molecule has 1 fully saturated rings. The predicted molar refractivity (Wildman–Crippen MR) is 118 cm³/mol. The summed E-state index contributed by atoms with van der Waals surface area (Å²) in [4.78, 5) is 28.9. The van der Waals surface area contributed by atoms with E-state index < -0.39 is 0 Å². The normalized spacial score (nSPS) is 13.9. The van der Waals surface area contributed by atoms with Crippen molar-refractivity contribution in [1.29, 1.82) is 0 Å². The number of hydrogen-bond donors (Lipinski definition) is 2. The fraction of sp³-hybridized carbons (Fsp3) is 0.526. The molecule has 2 rings (SSSR count). The van der Waals surface area contributed by atoms with Gasteiger partial charge in [-0.3, -0.25) is 14.6 Å². The second-order valence-electron chi connectivity index (χ2n) is 6.20. The van der Waals surface area contributed by atoms with Gasteiger partial charge in [0.25, 0.3) is 0 Å². The quantitative estimate of drug-likeness (QED) is 0.193. The summed E-state index contributed by atoms with van der Waals surface area (Å²) in [6.07, 6.45) is 3.67. The van der Waals surface area contributed by atoms with Crippen molar-refractivity contribution in [3.63, 3.8) is 0 Å². The summed E-state index contributed by atoms with van der Waals surface area (Å²) in [6.45, 7) is 2.20. The van der Waals surface area contributed by atoms with Crippen LogP contribution in [0.2, 0.25) is 0 Å². The van der Waals surface area contributed by atoms with Crippen LogP contribution in [0.4, 0.5) is 5.69 Å². The molecule has 0 unspecified atom stereocenters. The lowest BCUT2D eigenvalue weighted by Crippen LogP contribution is -2.37. The van der Waals surface area contributed by atoms with Crippen LogP contribution < -0.4 is 15.5 Å². The van der Waals surface area contributed by atoms with Crippen LogP contribution in [0.5, 0.6) is 0 Å². The molecule has 27 heavy (non-hydrogen) atoms. The van der Waals surface area contributed by atoms with Crippen molar-refractivity contribution in [3.8, 4) is 0 Å². The van der Waals surface area contributed by atoms with Gasteiger partial charge in [0.05, 0.1) is 7.11 Å². The summed E-state index contributed by atoms with van der Waals surface area (Å²) in [5.41, 5.74) is 2.08. The molecule has 7 nitrogen and oxygen atoms in total. The lowest BCUT2D eigenvalue weighted by atomic mass is 10.2. The summed E-state index contributed by atoms with van der Waals surface area (Å²) >= 11 is 0. The van der Waals surface area contributed by atoms with E-state index in [4.69, 9.17) is 0 Å². The van der Waals surface area contributed by atoms with E-state index in [9.17, 15) is 9.59 Å². The molecule has 1 aliphatic heterocycles. The first-order chi connectivity index (χ1) is 12.6. The van der Waals surface area contributed by atoms with E-state index in [1.54, 1.807) is 7.05 Å². The van der Waals surface area contributed by atoms with E-state index in [1.807, 2.05) is 29.2 Å². The Labute approximate surface area is 178 Å². The number of ether oxygens (including phenoxy) is 1. The highest BCUT2D eigenvalue weighted by Gasteiger charge is 2.21. The maximum absolute atomic E-state index is 11.8. The van der Waals surface area contributed by atoms with Gasteiger partial charge in [0.15, 0.2) is 5.96 Å². The standard InChI is InChI=1S/C19H28N4O3.HI/c1-20-19(21-12-4-3-7-18(25)26-2)22-14-15-8-10-16(11-9-15)23-13-5-6-17(23)24;/h8-11H,3-7,12-14H2,1-2H3,(H2,20,21,22);1H. The number of guanidine groups is 1. The minimum absolute atomic E-state index is 0. The van der Waals surface area contributed by atoms with Crippen molar-refractivity contribution in [2.45, 2.75) is 38.6 Å². The summed E-state index contributed by atoms with van der Waals surface area (Å²) in [6, 6.07) is 8.03. The molecule has 1 aliphatic rings. The van der Waals surface area contributed by atoms with Gasteiger partial charge in [-0.1, -0.05) is 12.1 Å². The fourth-order valence-electron chi connectivity index (χ4n) is 2.82. The number of unbranched alkanes of at least 4 members (excludes halogenated alkanes) is 1. The summed E-state index contributed by atoms with van der Waals surface area (Å²) < 4.78 is 4.62. The average molecular weight is 488 g/mol. The minimum atomic E-state index is -0.174. The molecular weight excluding hydrogens is 459 g/mol. The van der Waals surface area contributed by atoms with Crippen LogP contribution >= 0.6 is 24.0 Å². The molecule has 0 aromatic heterocycles. The first kappa shape index (κ1) is 23.2. The van der Waals surface area contributed by atoms with Gasteiger partial charge in [0.2, 0.25) is 5.91 Å². The van der Waals surface area contributed by atoms with Gasteiger partial charge in [-0.25, -0.2) is 0 Å². The van der Waals surface area contributed by atoms with E-state index >= 15 is 0 Å². The lowest BCUT2D eigenvalue weighted by Gasteiger charge is -2.16. The molecule has 8 heteroatoms. The Hall–Kier alpha value is -1.84. The van der Waals surface area contributed by atoms with Crippen LogP contribution in [-0.2, 0) is 20.9 Å². The van der Waals surface area contributed by atoms with Crippen LogP contribution in [0.3, 0.4) is 0 Å². The summed E-state index contributed by atoms with van der Waals surface area (Å²) in [5, 5.41) is 6.49. The fourth-order valence-corrected chi connectivity index (χ4v) is 2.82. The maximum atomic E-state index is 11.8. The van der Waals surface area contributed by atoms with Crippen molar-refractivity contribution in [2.24, 2.45) is 4.99 Å². The number of hydrogen-bond acceptors (Lipinski definition) is 4. The van der Waals surface area contributed by atoms with E-state index in [1.165, 1.54) is 7.11 Å². The third-order valence-corrected chi connectivity index (χ3v) is 4.33. The van der Waals surface area contributed by atoms with Crippen LogP contribution in [0.1, 0.15) is 37.7 Å². The third kappa shape index (κ3) is 7.74. The van der Waals surface area contributed by atoms with E-state index in [0.717, 1.165) is 49.6 Å². The zero-order valence-electron chi connectivity index (χ0n) is 16.0. The van der Waals surface area contributed by atoms with Crippen LogP contribution in [0.25, 0.3) is 0 Å². The molecule has 0 spiro atoms. The van der Waals surface area contributed by atoms with Crippen LogP contribution in [-0.4, -0.2) is 45.1 Å². The molecule has 0 radical (unpaired) electrons. The molecule has 1 amide bonds. The number of rotatable bonds is 8. The average Bonchev–Trinajstić information content (AvgIpc) is 3.10. The molecular formula is C19H29IN4O3. The number of nitrogens with zero attached hydrogens (tertiary/aromatic N) is 2. The highest BCUT2D eigenvalue weighted by atomic mass is 127. The second-order valence-corrected chi connectivity index (χ2v) is 6.20. The van der Waals surface area contributed by atoms with E-state index in [0.29, 0.717) is 19.4 Å². The summed E-state index contributed by atoms with van der Waals surface area (Å²) in [5.74, 6) is 0.751. The number of anilines is 1. The molecule has 1 aromatic rings. The van der Waals surface area contributed by atoms with E-state index in [-0.39, 0.29) is 35.9 Å². The molecule has 0 aliphatic carbocycles. The van der Waals surface area contributed by atoms with Crippen LogP contribution in [0, 0.1) is 0 Å². The number of amides is 1. The zero-order valence-corrected chi connectivity index (χ0v) is 18.3. The number of carbonyl (C=O) groups is 2. The van der Waals surface area contributed by atoms with Crippen molar-refractivity contribution >= 4 is 47.5 Å². The Morgan fingerprint density at radius 3 is 2.56 bits per heavy atom. The second kappa shape index (κ2) is 12.5. The maximum Gasteiger partial charge on any atom is 0.305 e. The number of esters is 1. The lowest BCUT2D eigenvalue weighted by molar-refractivity contribution is -0.140. The number of aliphatic imine (C=N–C) groups is 1. The number of benzene rings is 1.